The van der Waals surface area contributed by atoms with Gasteiger partial charge in [-0.1, -0.05) is 18.2 Å². The van der Waals surface area contributed by atoms with Crippen molar-refractivity contribution >= 4 is 27.5 Å². The van der Waals surface area contributed by atoms with E-state index >= 15 is 0 Å². The van der Waals surface area contributed by atoms with E-state index < -0.39 is 0 Å². The lowest BCUT2D eigenvalue weighted by Gasteiger charge is -2.23. The van der Waals surface area contributed by atoms with Crippen molar-refractivity contribution < 1.29 is 4.79 Å². The first-order chi connectivity index (χ1) is 10.1. The van der Waals surface area contributed by atoms with Gasteiger partial charge in [0.15, 0.2) is 0 Å². The summed E-state index contributed by atoms with van der Waals surface area (Å²) >= 11 is 3.51. The summed E-state index contributed by atoms with van der Waals surface area (Å²) in [7, 11) is 0. The number of aromatic nitrogens is 1. The highest BCUT2D eigenvalue weighted by molar-refractivity contribution is 9.10. The second kappa shape index (κ2) is 4.73. The minimum absolute atomic E-state index is 0.116. The van der Waals surface area contributed by atoms with Gasteiger partial charge in [-0.3, -0.25) is 4.79 Å². The van der Waals surface area contributed by atoms with Gasteiger partial charge in [-0.25, -0.2) is 0 Å². The molecule has 1 fully saturated rings. The van der Waals surface area contributed by atoms with E-state index in [4.69, 9.17) is 0 Å². The number of rotatable bonds is 2. The molecule has 2 heterocycles. The number of benzene rings is 1. The molecule has 0 spiro atoms. The maximum atomic E-state index is 13.1. The minimum atomic E-state index is 0.116. The Kier molecular flexibility index (Phi) is 2.96. The van der Waals surface area contributed by atoms with Crippen molar-refractivity contribution in [1.82, 2.24) is 4.57 Å². The van der Waals surface area contributed by atoms with Crippen LogP contribution in [-0.4, -0.2) is 16.5 Å². The van der Waals surface area contributed by atoms with Crippen molar-refractivity contribution in [2.45, 2.75) is 38.3 Å². The highest BCUT2D eigenvalue weighted by Crippen LogP contribution is 2.39. The summed E-state index contributed by atoms with van der Waals surface area (Å²) in [6.07, 6.45) is 5.33. The standard InChI is InChI=1S/C17H17BrN2O/c1-11-8-12-4-2-3-5-15(12)20(11)17(21)16-9-13(18)10-19(16)14-6-7-14/h2-5,9-11,14H,6-8H2,1H3. The number of fused-ring (bicyclic) bond motifs is 1. The molecule has 1 amide bonds. The minimum Gasteiger partial charge on any atom is -0.339 e. The van der Waals surface area contributed by atoms with Gasteiger partial charge in [0, 0.05) is 28.4 Å². The molecule has 1 unspecified atom stereocenters. The normalized spacial score (nSPS) is 20.7. The second-order valence-corrected chi connectivity index (χ2v) is 6.95. The molecule has 108 valence electrons. The van der Waals surface area contributed by atoms with Crippen LogP contribution in [0.5, 0.6) is 0 Å². The first kappa shape index (κ1) is 13.1. The SMILES string of the molecule is CC1Cc2ccccc2N1C(=O)c1cc(Br)cn1C1CC1. The van der Waals surface area contributed by atoms with Gasteiger partial charge in [-0.05, 0) is 59.8 Å². The molecule has 2 aromatic rings. The number of halogens is 1. The molecule has 1 aromatic heterocycles. The Labute approximate surface area is 132 Å². The van der Waals surface area contributed by atoms with E-state index in [-0.39, 0.29) is 11.9 Å². The second-order valence-electron chi connectivity index (χ2n) is 6.04. The molecular formula is C17H17BrN2O. The first-order valence-corrected chi connectivity index (χ1v) is 8.23. The van der Waals surface area contributed by atoms with Crippen LogP contribution in [0.25, 0.3) is 0 Å². The number of amides is 1. The molecule has 4 heteroatoms. The van der Waals surface area contributed by atoms with Crippen molar-refractivity contribution in [3.05, 3.63) is 52.3 Å². The Hall–Kier alpha value is -1.55. The third kappa shape index (κ3) is 2.13. The maximum absolute atomic E-state index is 13.1. The van der Waals surface area contributed by atoms with Crippen molar-refractivity contribution in [3.8, 4) is 0 Å². The Morgan fingerprint density at radius 2 is 2.05 bits per heavy atom. The summed E-state index contributed by atoms with van der Waals surface area (Å²) in [5.41, 5.74) is 3.13. The van der Waals surface area contributed by atoms with E-state index in [1.807, 2.05) is 29.3 Å². The Balaban J connectivity index is 1.75. The third-order valence-corrected chi connectivity index (χ3v) is 4.83. The fourth-order valence-electron chi connectivity index (χ4n) is 3.27. The molecule has 1 saturated carbocycles. The van der Waals surface area contributed by atoms with Crippen LogP contribution in [0.1, 0.15) is 41.9 Å². The van der Waals surface area contributed by atoms with Crippen LogP contribution in [0.15, 0.2) is 41.0 Å². The van der Waals surface area contributed by atoms with Gasteiger partial charge in [-0.15, -0.1) is 0 Å². The lowest BCUT2D eigenvalue weighted by molar-refractivity contribution is 0.0972. The average Bonchev–Trinajstić information content (AvgIpc) is 3.15. The average molecular weight is 345 g/mol. The summed E-state index contributed by atoms with van der Waals surface area (Å²) in [6, 6.07) is 10.9. The monoisotopic (exact) mass is 344 g/mol. The molecule has 1 aromatic carbocycles. The van der Waals surface area contributed by atoms with E-state index in [0.29, 0.717) is 6.04 Å². The molecule has 3 nitrogen and oxygen atoms in total. The van der Waals surface area contributed by atoms with Crippen molar-refractivity contribution in [3.63, 3.8) is 0 Å². The van der Waals surface area contributed by atoms with Crippen LogP contribution in [-0.2, 0) is 6.42 Å². The quantitative estimate of drug-likeness (QED) is 0.802. The summed E-state index contributed by atoms with van der Waals surface area (Å²) in [5, 5.41) is 0. The molecule has 2 aliphatic rings. The van der Waals surface area contributed by atoms with Crippen LogP contribution >= 0.6 is 15.9 Å². The van der Waals surface area contributed by atoms with Crippen molar-refractivity contribution in [2.24, 2.45) is 0 Å². The first-order valence-electron chi connectivity index (χ1n) is 7.44. The fraction of sp³-hybridized carbons (Fsp3) is 0.353. The van der Waals surface area contributed by atoms with Crippen molar-refractivity contribution in [2.75, 3.05) is 4.90 Å². The van der Waals surface area contributed by atoms with Gasteiger partial charge >= 0.3 is 0 Å². The molecule has 0 saturated heterocycles. The van der Waals surface area contributed by atoms with Crippen LogP contribution in [0.4, 0.5) is 5.69 Å². The molecule has 0 bridgehead atoms. The van der Waals surface area contributed by atoms with Crippen molar-refractivity contribution in [1.29, 1.82) is 0 Å². The largest absolute Gasteiger partial charge is 0.339 e. The molecule has 1 aliphatic heterocycles. The van der Waals surface area contributed by atoms with Gasteiger partial charge in [0.25, 0.3) is 5.91 Å². The smallest absolute Gasteiger partial charge is 0.275 e. The maximum Gasteiger partial charge on any atom is 0.275 e. The Bertz CT molecular complexity index is 717. The number of nitrogens with zero attached hydrogens (tertiary/aromatic N) is 2. The highest BCUT2D eigenvalue weighted by Gasteiger charge is 2.35. The zero-order valence-corrected chi connectivity index (χ0v) is 13.5. The van der Waals surface area contributed by atoms with E-state index in [2.05, 4.69) is 39.6 Å². The third-order valence-electron chi connectivity index (χ3n) is 4.40. The van der Waals surface area contributed by atoms with E-state index in [9.17, 15) is 4.79 Å². The van der Waals surface area contributed by atoms with E-state index in [1.165, 1.54) is 18.4 Å². The zero-order chi connectivity index (χ0) is 14.6. The highest BCUT2D eigenvalue weighted by atomic mass is 79.9. The Morgan fingerprint density at radius 1 is 1.29 bits per heavy atom. The van der Waals surface area contributed by atoms with Crippen LogP contribution in [0.3, 0.4) is 0 Å². The fourth-order valence-corrected chi connectivity index (χ4v) is 3.71. The summed E-state index contributed by atoms with van der Waals surface area (Å²) in [5.74, 6) is 0.116. The summed E-state index contributed by atoms with van der Waals surface area (Å²) in [4.78, 5) is 15.0. The molecule has 1 atom stereocenters. The summed E-state index contributed by atoms with van der Waals surface area (Å²) < 4.78 is 3.12. The zero-order valence-electron chi connectivity index (χ0n) is 11.9. The van der Waals surface area contributed by atoms with Gasteiger partial charge in [0.2, 0.25) is 0 Å². The lowest BCUT2D eigenvalue weighted by atomic mass is 10.1. The van der Waals surface area contributed by atoms with E-state index in [1.54, 1.807) is 0 Å². The number of hydrogen-bond acceptors (Lipinski definition) is 1. The van der Waals surface area contributed by atoms with Crippen LogP contribution < -0.4 is 4.90 Å². The van der Waals surface area contributed by atoms with Gasteiger partial charge in [0.1, 0.15) is 5.69 Å². The molecule has 1 aliphatic carbocycles. The molecule has 4 rings (SSSR count). The van der Waals surface area contributed by atoms with Gasteiger partial charge in [-0.2, -0.15) is 0 Å². The van der Waals surface area contributed by atoms with E-state index in [0.717, 1.165) is 22.3 Å². The molecule has 21 heavy (non-hydrogen) atoms. The topological polar surface area (TPSA) is 25.2 Å². The number of para-hydroxylation sites is 1. The van der Waals surface area contributed by atoms with Gasteiger partial charge in [0.05, 0.1) is 0 Å². The predicted molar refractivity (Wildman–Crippen MR) is 86.8 cm³/mol. The Morgan fingerprint density at radius 3 is 2.81 bits per heavy atom. The van der Waals surface area contributed by atoms with Crippen LogP contribution in [0.2, 0.25) is 0 Å². The lowest BCUT2D eigenvalue weighted by Crippen LogP contribution is -2.36. The predicted octanol–water partition coefficient (Wildman–Crippen LogP) is 4.18. The molecule has 0 N–H and O–H groups in total. The molecular weight excluding hydrogens is 328 g/mol. The molecule has 0 radical (unpaired) electrons. The van der Waals surface area contributed by atoms with Crippen LogP contribution in [0, 0.1) is 0 Å². The van der Waals surface area contributed by atoms with Gasteiger partial charge < -0.3 is 9.47 Å². The summed E-state index contributed by atoms with van der Waals surface area (Å²) in [6.45, 7) is 2.12. The number of anilines is 1. The number of carbonyl (C=O) groups is 1. The number of hydrogen-bond donors (Lipinski definition) is 0. The number of carbonyl (C=O) groups excluding carboxylic acids is 1.